The Morgan fingerprint density at radius 1 is 1.25 bits per heavy atom. The molecule has 0 aromatic carbocycles. The zero-order chi connectivity index (χ0) is 16.8. The molecule has 2 fully saturated rings. The molecule has 0 bridgehead atoms. The summed E-state index contributed by atoms with van der Waals surface area (Å²) in [6.45, 7) is 3.22. The Morgan fingerprint density at radius 3 is 2.83 bits per heavy atom. The molecule has 3 amide bonds. The highest BCUT2D eigenvalue weighted by Crippen LogP contribution is 2.17. The van der Waals surface area contributed by atoms with Crippen molar-refractivity contribution in [2.24, 2.45) is 0 Å². The predicted octanol–water partition coefficient (Wildman–Crippen LogP) is 1.15. The topological polar surface area (TPSA) is 86.4 Å². The Kier molecular flexibility index (Phi) is 5.51. The first-order valence-corrected chi connectivity index (χ1v) is 8.74. The lowest BCUT2D eigenvalue weighted by Crippen LogP contribution is -2.48. The first kappa shape index (κ1) is 16.5. The minimum Gasteiger partial charge on any atom is -0.357 e. The van der Waals surface area contributed by atoms with Crippen LogP contribution in [-0.4, -0.2) is 42.6 Å². The van der Waals surface area contributed by atoms with E-state index < -0.39 is 6.04 Å². The van der Waals surface area contributed by atoms with Crippen molar-refractivity contribution in [3.05, 3.63) is 23.9 Å². The van der Waals surface area contributed by atoms with Gasteiger partial charge in [0.15, 0.2) is 0 Å². The number of nitrogens with zero attached hydrogens (tertiary/aromatic N) is 2. The molecule has 1 aromatic rings. The summed E-state index contributed by atoms with van der Waals surface area (Å²) in [4.78, 5) is 30.5. The molecule has 24 heavy (non-hydrogen) atoms. The van der Waals surface area contributed by atoms with Gasteiger partial charge in [0.1, 0.15) is 11.9 Å². The maximum Gasteiger partial charge on any atom is 0.315 e. The first-order valence-electron chi connectivity index (χ1n) is 8.74. The third-order valence-corrected chi connectivity index (χ3v) is 4.53. The Hall–Kier alpha value is -2.31. The van der Waals surface area contributed by atoms with E-state index in [-0.39, 0.29) is 11.9 Å². The minimum absolute atomic E-state index is 0.0979. The van der Waals surface area contributed by atoms with Crippen LogP contribution in [0.2, 0.25) is 0 Å². The number of aromatic nitrogens is 1. The number of nitrogens with one attached hydrogen (secondary N) is 3. The number of anilines is 1. The summed E-state index contributed by atoms with van der Waals surface area (Å²) in [5.41, 5.74) is 0.943. The summed E-state index contributed by atoms with van der Waals surface area (Å²) >= 11 is 0. The number of amides is 3. The quantitative estimate of drug-likeness (QED) is 0.772. The van der Waals surface area contributed by atoms with Gasteiger partial charge in [0.2, 0.25) is 5.91 Å². The van der Waals surface area contributed by atoms with Crippen molar-refractivity contribution < 1.29 is 9.59 Å². The predicted molar refractivity (Wildman–Crippen MR) is 91.7 cm³/mol. The first-order chi connectivity index (χ1) is 11.7. The molecule has 2 aliphatic heterocycles. The van der Waals surface area contributed by atoms with Crippen molar-refractivity contribution in [1.29, 1.82) is 0 Å². The molecule has 1 aromatic heterocycles. The van der Waals surface area contributed by atoms with Gasteiger partial charge < -0.3 is 20.9 Å². The van der Waals surface area contributed by atoms with Crippen LogP contribution in [0.3, 0.4) is 0 Å². The lowest BCUT2D eigenvalue weighted by molar-refractivity contribution is -0.122. The van der Waals surface area contributed by atoms with Crippen molar-refractivity contribution in [1.82, 2.24) is 20.9 Å². The Balaban J connectivity index is 1.46. The van der Waals surface area contributed by atoms with Crippen LogP contribution in [0.1, 0.15) is 37.7 Å². The van der Waals surface area contributed by atoms with Crippen LogP contribution < -0.4 is 20.9 Å². The van der Waals surface area contributed by atoms with Crippen LogP contribution in [-0.2, 0) is 11.3 Å². The molecule has 130 valence electrons. The van der Waals surface area contributed by atoms with Crippen molar-refractivity contribution in [3.63, 3.8) is 0 Å². The van der Waals surface area contributed by atoms with Gasteiger partial charge in [0.05, 0.1) is 0 Å². The van der Waals surface area contributed by atoms with Crippen LogP contribution in [0, 0.1) is 0 Å². The summed E-state index contributed by atoms with van der Waals surface area (Å²) < 4.78 is 0. The van der Waals surface area contributed by atoms with Gasteiger partial charge in [-0.05, 0) is 43.7 Å². The fourth-order valence-corrected chi connectivity index (χ4v) is 3.12. The molecule has 0 spiro atoms. The van der Waals surface area contributed by atoms with Gasteiger partial charge in [-0.25, -0.2) is 9.78 Å². The number of hydrogen-bond donors (Lipinski definition) is 3. The summed E-state index contributed by atoms with van der Waals surface area (Å²) in [6.07, 6.45) is 6.82. The van der Waals surface area contributed by atoms with Gasteiger partial charge in [-0.1, -0.05) is 6.07 Å². The van der Waals surface area contributed by atoms with E-state index in [4.69, 9.17) is 0 Å². The Bertz CT molecular complexity index is 569. The van der Waals surface area contributed by atoms with Crippen molar-refractivity contribution in [2.75, 3.05) is 24.5 Å². The molecule has 3 heterocycles. The number of carbonyl (C=O) groups excluding carboxylic acids is 2. The Labute approximate surface area is 142 Å². The third-order valence-electron chi connectivity index (χ3n) is 4.53. The monoisotopic (exact) mass is 331 g/mol. The minimum atomic E-state index is -0.442. The summed E-state index contributed by atoms with van der Waals surface area (Å²) in [7, 11) is 0. The second-order valence-electron chi connectivity index (χ2n) is 6.39. The molecule has 7 nitrogen and oxygen atoms in total. The maximum atomic E-state index is 12.0. The number of urea groups is 1. The zero-order valence-corrected chi connectivity index (χ0v) is 13.9. The third kappa shape index (κ3) is 4.37. The van der Waals surface area contributed by atoms with Gasteiger partial charge >= 0.3 is 6.03 Å². The fourth-order valence-electron chi connectivity index (χ4n) is 3.12. The molecular weight excluding hydrogens is 306 g/mol. The molecule has 0 saturated carbocycles. The number of hydrogen-bond acceptors (Lipinski definition) is 4. The second-order valence-corrected chi connectivity index (χ2v) is 6.39. The zero-order valence-electron chi connectivity index (χ0n) is 13.9. The molecule has 3 N–H and O–H groups in total. The van der Waals surface area contributed by atoms with E-state index in [0.29, 0.717) is 19.5 Å². The van der Waals surface area contributed by atoms with Crippen molar-refractivity contribution >= 4 is 17.8 Å². The molecule has 2 saturated heterocycles. The SMILES string of the molecule is O=C(NCc1ccc(N2CCCC2)nc1)N[C@@H]1CCCCNC1=O. The lowest BCUT2D eigenvalue weighted by Gasteiger charge is -2.17. The fraction of sp³-hybridized carbons (Fsp3) is 0.588. The van der Waals surface area contributed by atoms with E-state index in [0.717, 1.165) is 37.3 Å². The second kappa shape index (κ2) is 7.99. The van der Waals surface area contributed by atoms with Gasteiger partial charge in [0, 0.05) is 32.4 Å². The molecule has 0 aliphatic carbocycles. The van der Waals surface area contributed by atoms with Crippen LogP contribution in [0.25, 0.3) is 0 Å². The van der Waals surface area contributed by atoms with E-state index >= 15 is 0 Å². The van der Waals surface area contributed by atoms with Gasteiger partial charge in [-0.15, -0.1) is 0 Å². The highest BCUT2D eigenvalue weighted by atomic mass is 16.2. The average molecular weight is 331 g/mol. The largest absolute Gasteiger partial charge is 0.357 e. The molecule has 7 heteroatoms. The maximum absolute atomic E-state index is 12.0. The van der Waals surface area contributed by atoms with Crippen LogP contribution >= 0.6 is 0 Å². The lowest BCUT2D eigenvalue weighted by atomic mass is 10.1. The molecule has 3 rings (SSSR count). The molecule has 1 atom stereocenters. The van der Waals surface area contributed by atoms with E-state index in [2.05, 4.69) is 25.8 Å². The van der Waals surface area contributed by atoms with E-state index in [1.54, 1.807) is 6.20 Å². The summed E-state index contributed by atoms with van der Waals surface area (Å²) in [5.74, 6) is 0.898. The number of pyridine rings is 1. The summed E-state index contributed by atoms with van der Waals surface area (Å²) in [6, 6.07) is 3.22. The molecular formula is C17H25N5O2. The smallest absolute Gasteiger partial charge is 0.315 e. The van der Waals surface area contributed by atoms with Crippen LogP contribution in [0.5, 0.6) is 0 Å². The number of rotatable bonds is 4. The highest BCUT2D eigenvalue weighted by molar-refractivity contribution is 5.87. The summed E-state index contributed by atoms with van der Waals surface area (Å²) in [5, 5.41) is 8.35. The van der Waals surface area contributed by atoms with Crippen LogP contribution in [0.4, 0.5) is 10.6 Å². The molecule has 0 radical (unpaired) electrons. The Morgan fingerprint density at radius 2 is 2.08 bits per heavy atom. The molecule has 0 unspecified atom stereocenters. The molecule has 2 aliphatic rings. The van der Waals surface area contributed by atoms with E-state index in [1.807, 2.05) is 12.1 Å². The van der Waals surface area contributed by atoms with E-state index in [9.17, 15) is 9.59 Å². The van der Waals surface area contributed by atoms with Gasteiger partial charge in [-0.2, -0.15) is 0 Å². The van der Waals surface area contributed by atoms with Crippen molar-refractivity contribution in [2.45, 2.75) is 44.7 Å². The van der Waals surface area contributed by atoms with Crippen LogP contribution in [0.15, 0.2) is 18.3 Å². The van der Waals surface area contributed by atoms with Gasteiger partial charge in [0.25, 0.3) is 0 Å². The standard InChI is InChI=1S/C17H25N5O2/c23-16-14(5-1-2-8-18-16)21-17(24)20-12-13-6-7-15(19-11-13)22-9-3-4-10-22/h6-7,11,14H,1-5,8-10,12H2,(H,18,23)(H2,20,21,24)/t14-/m1/s1. The highest BCUT2D eigenvalue weighted by Gasteiger charge is 2.22. The van der Waals surface area contributed by atoms with E-state index in [1.165, 1.54) is 12.8 Å². The van der Waals surface area contributed by atoms with Crippen molar-refractivity contribution in [3.8, 4) is 0 Å². The normalized spacial score (nSPS) is 21.1. The average Bonchev–Trinajstić information content (AvgIpc) is 3.06. The van der Waals surface area contributed by atoms with Gasteiger partial charge in [-0.3, -0.25) is 4.79 Å². The number of carbonyl (C=O) groups is 2.